The number of ketones is 1. The Bertz CT molecular complexity index is 361. The normalized spacial score (nSPS) is 21.2. The molecule has 0 bridgehead atoms. The highest BCUT2D eigenvalue weighted by atomic mass is 16.5. The molecule has 5 heteroatoms. The molecule has 5 nitrogen and oxygen atoms in total. The number of carbonyl (C=O) groups is 1. The fourth-order valence-electron chi connectivity index (χ4n) is 1.55. The van der Waals surface area contributed by atoms with Gasteiger partial charge in [-0.2, -0.15) is 0 Å². The molecule has 1 aromatic rings. The third-order valence-electron chi connectivity index (χ3n) is 2.34. The highest BCUT2D eigenvalue weighted by molar-refractivity contribution is 6.03. The van der Waals surface area contributed by atoms with E-state index >= 15 is 0 Å². The third-order valence-corrected chi connectivity index (χ3v) is 2.34. The van der Waals surface area contributed by atoms with Crippen LogP contribution in [0.2, 0.25) is 0 Å². The number of Topliss-reactive ketones (excluding diaryl/α,β-unsaturated/α-hetero) is 1. The number of ether oxygens (including phenoxy) is 1. The molecule has 1 fully saturated rings. The Hall–Kier alpha value is -1.46. The minimum absolute atomic E-state index is 0.0553. The Kier molecular flexibility index (Phi) is 2.94. The van der Waals surface area contributed by atoms with E-state index in [2.05, 4.69) is 10.3 Å². The van der Waals surface area contributed by atoms with Crippen molar-refractivity contribution in [1.29, 1.82) is 0 Å². The van der Waals surface area contributed by atoms with E-state index in [1.807, 2.05) is 0 Å². The Morgan fingerprint density at radius 2 is 2.53 bits per heavy atom. The van der Waals surface area contributed by atoms with Crippen LogP contribution in [0.25, 0.3) is 0 Å². The van der Waals surface area contributed by atoms with Crippen LogP contribution in [0.5, 0.6) is 0 Å². The lowest BCUT2D eigenvalue weighted by molar-refractivity contribution is 0.0608. The molecule has 0 spiro atoms. The van der Waals surface area contributed by atoms with Crippen LogP contribution in [0, 0.1) is 0 Å². The van der Waals surface area contributed by atoms with Gasteiger partial charge in [-0.05, 0) is 12.1 Å². The van der Waals surface area contributed by atoms with Crippen molar-refractivity contribution in [2.45, 2.75) is 6.04 Å². The number of nitrogens with two attached hydrogens (primary N) is 1. The molecule has 1 saturated heterocycles. The molecule has 1 aliphatic heterocycles. The summed E-state index contributed by atoms with van der Waals surface area (Å²) in [5.41, 5.74) is 6.09. The van der Waals surface area contributed by atoms with Crippen molar-refractivity contribution in [3.05, 3.63) is 23.9 Å². The van der Waals surface area contributed by atoms with Crippen molar-refractivity contribution in [2.24, 2.45) is 0 Å². The topological polar surface area (TPSA) is 77.2 Å². The van der Waals surface area contributed by atoms with Gasteiger partial charge in [0, 0.05) is 12.7 Å². The first-order valence-electron chi connectivity index (χ1n) is 4.85. The number of hydrogen-bond donors (Lipinski definition) is 2. The van der Waals surface area contributed by atoms with E-state index in [1.165, 1.54) is 0 Å². The summed E-state index contributed by atoms with van der Waals surface area (Å²) in [6, 6.07) is 3.08. The maximum atomic E-state index is 12.0. The van der Waals surface area contributed by atoms with Crippen LogP contribution in [0.4, 0.5) is 5.82 Å². The molecule has 2 rings (SSSR count). The van der Waals surface area contributed by atoms with Gasteiger partial charge in [0.2, 0.25) is 0 Å². The Balaban J connectivity index is 2.16. The first-order valence-corrected chi connectivity index (χ1v) is 4.85. The molecule has 0 amide bonds. The van der Waals surface area contributed by atoms with Crippen molar-refractivity contribution >= 4 is 11.6 Å². The number of aromatic nitrogens is 1. The van der Waals surface area contributed by atoms with Gasteiger partial charge in [0.1, 0.15) is 5.82 Å². The van der Waals surface area contributed by atoms with Gasteiger partial charge in [-0.25, -0.2) is 4.98 Å². The summed E-state index contributed by atoms with van der Waals surface area (Å²) in [4.78, 5) is 15.8. The van der Waals surface area contributed by atoms with E-state index in [-0.39, 0.29) is 17.6 Å². The second-order valence-electron chi connectivity index (χ2n) is 3.38. The predicted molar refractivity (Wildman–Crippen MR) is 55.6 cm³/mol. The molecule has 15 heavy (non-hydrogen) atoms. The second-order valence-corrected chi connectivity index (χ2v) is 3.38. The van der Waals surface area contributed by atoms with Crippen LogP contribution in [-0.4, -0.2) is 36.6 Å². The highest BCUT2D eigenvalue weighted by Crippen LogP contribution is 2.11. The number of nitrogen functional groups attached to an aromatic ring is 1. The zero-order valence-electron chi connectivity index (χ0n) is 8.27. The van der Waals surface area contributed by atoms with Gasteiger partial charge in [0.05, 0.1) is 24.8 Å². The summed E-state index contributed by atoms with van der Waals surface area (Å²) in [6.07, 6.45) is 1.57. The van der Waals surface area contributed by atoms with Crippen molar-refractivity contribution in [1.82, 2.24) is 10.3 Å². The molecule has 0 aliphatic carbocycles. The molecule has 0 radical (unpaired) electrons. The Morgan fingerprint density at radius 1 is 1.67 bits per heavy atom. The lowest BCUT2D eigenvalue weighted by Gasteiger charge is -2.22. The van der Waals surface area contributed by atoms with Gasteiger partial charge >= 0.3 is 0 Å². The van der Waals surface area contributed by atoms with Gasteiger partial charge < -0.3 is 15.8 Å². The predicted octanol–water partition coefficient (Wildman–Crippen LogP) is -0.165. The SMILES string of the molecule is Nc1ncccc1C(=O)C1COCCN1. The summed E-state index contributed by atoms with van der Waals surface area (Å²) in [7, 11) is 0. The molecule has 0 aromatic carbocycles. The molecule has 1 aliphatic rings. The minimum Gasteiger partial charge on any atom is -0.383 e. The molecule has 1 aromatic heterocycles. The maximum Gasteiger partial charge on any atom is 0.185 e. The lowest BCUT2D eigenvalue weighted by atomic mass is 10.1. The number of nitrogens with zero attached hydrogens (tertiary/aromatic N) is 1. The molecule has 80 valence electrons. The number of rotatable bonds is 2. The first-order chi connectivity index (χ1) is 7.29. The molecule has 1 atom stereocenters. The van der Waals surface area contributed by atoms with Crippen LogP contribution in [0.15, 0.2) is 18.3 Å². The lowest BCUT2D eigenvalue weighted by Crippen LogP contribution is -2.46. The van der Waals surface area contributed by atoms with Crippen LogP contribution < -0.4 is 11.1 Å². The third kappa shape index (κ3) is 2.14. The van der Waals surface area contributed by atoms with Gasteiger partial charge in [-0.3, -0.25) is 4.79 Å². The molecular formula is C10H13N3O2. The first kappa shape index (κ1) is 10.1. The van der Waals surface area contributed by atoms with E-state index in [9.17, 15) is 4.79 Å². The Labute approximate surface area is 87.6 Å². The van der Waals surface area contributed by atoms with Crippen molar-refractivity contribution < 1.29 is 9.53 Å². The van der Waals surface area contributed by atoms with Gasteiger partial charge in [0.15, 0.2) is 5.78 Å². The second kappa shape index (κ2) is 4.37. The fourth-order valence-corrected chi connectivity index (χ4v) is 1.55. The molecule has 2 heterocycles. The van der Waals surface area contributed by atoms with Crippen LogP contribution in [0.1, 0.15) is 10.4 Å². The van der Waals surface area contributed by atoms with E-state index in [0.717, 1.165) is 0 Å². The van der Waals surface area contributed by atoms with Gasteiger partial charge in [0.25, 0.3) is 0 Å². The summed E-state index contributed by atoms with van der Waals surface area (Å²) in [5.74, 6) is 0.218. The molecule has 1 unspecified atom stereocenters. The van der Waals surface area contributed by atoms with Crippen LogP contribution >= 0.6 is 0 Å². The van der Waals surface area contributed by atoms with E-state index in [4.69, 9.17) is 10.5 Å². The summed E-state index contributed by atoms with van der Waals surface area (Å²) >= 11 is 0. The van der Waals surface area contributed by atoms with Crippen molar-refractivity contribution in [3.63, 3.8) is 0 Å². The van der Waals surface area contributed by atoms with Crippen LogP contribution in [-0.2, 0) is 4.74 Å². The monoisotopic (exact) mass is 207 g/mol. The van der Waals surface area contributed by atoms with Gasteiger partial charge in [-0.15, -0.1) is 0 Å². The maximum absolute atomic E-state index is 12.0. The summed E-state index contributed by atoms with van der Waals surface area (Å²) < 4.78 is 5.22. The fraction of sp³-hybridized carbons (Fsp3) is 0.400. The van der Waals surface area contributed by atoms with Crippen molar-refractivity contribution in [2.75, 3.05) is 25.5 Å². The smallest absolute Gasteiger partial charge is 0.185 e. The quantitative estimate of drug-likeness (QED) is 0.659. The number of morpholine rings is 1. The number of carbonyl (C=O) groups excluding carboxylic acids is 1. The van der Waals surface area contributed by atoms with Crippen LogP contribution in [0.3, 0.4) is 0 Å². The molecular weight excluding hydrogens is 194 g/mol. The highest BCUT2D eigenvalue weighted by Gasteiger charge is 2.23. The van der Waals surface area contributed by atoms with E-state index in [0.29, 0.717) is 25.3 Å². The number of anilines is 1. The summed E-state index contributed by atoms with van der Waals surface area (Å²) in [6.45, 7) is 1.73. The van der Waals surface area contributed by atoms with E-state index in [1.54, 1.807) is 18.3 Å². The molecule has 3 N–H and O–H groups in total. The largest absolute Gasteiger partial charge is 0.383 e. The van der Waals surface area contributed by atoms with Crippen molar-refractivity contribution in [3.8, 4) is 0 Å². The molecule has 0 saturated carbocycles. The zero-order valence-corrected chi connectivity index (χ0v) is 8.27. The summed E-state index contributed by atoms with van der Waals surface area (Å²) in [5, 5.41) is 3.09. The average molecular weight is 207 g/mol. The zero-order chi connectivity index (χ0) is 10.7. The average Bonchev–Trinajstić information content (AvgIpc) is 2.30. The Morgan fingerprint density at radius 3 is 3.20 bits per heavy atom. The standard InChI is InChI=1S/C10H13N3O2/c11-10-7(2-1-3-13-10)9(14)8-6-15-5-4-12-8/h1-3,8,12H,4-6H2,(H2,11,13). The number of nitrogens with one attached hydrogen (secondary N) is 1. The number of pyridine rings is 1. The van der Waals surface area contributed by atoms with Gasteiger partial charge in [-0.1, -0.05) is 0 Å². The number of hydrogen-bond acceptors (Lipinski definition) is 5. The minimum atomic E-state index is -0.301. The van der Waals surface area contributed by atoms with E-state index < -0.39 is 0 Å².